The molecule has 8 nitrogen and oxygen atoms in total. The summed E-state index contributed by atoms with van der Waals surface area (Å²) in [5, 5.41) is 19.2. The molecule has 0 radical (unpaired) electrons. The molecule has 1 heterocycles. The average molecular weight is 323 g/mol. The highest BCUT2D eigenvalue weighted by atomic mass is 16.5. The number of benzene rings is 1. The van der Waals surface area contributed by atoms with Gasteiger partial charge in [0.15, 0.2) is 11.5 Å². The lowest BCUT2D eigenvalue weighted by Crippen LogP contribution is -2.30. The van der Waals surface area contributed by atoms with E-state index in [0.717, 1.165) is 0 Å². The molecule has 2 rings (SSSR count). The molecule has 0 aliphatic rings. The molecule has 0 amide bonds. The number of hydrogen-bond acceptors (Lipinski definition) is 8. The van der Waals surface area contributed by atoms with Gasteiger partial charge in [-0.2, -0.15) is 0 Å². The first-order chi connectivity index (χ1) is 11.2. The van der Waals surface area contributed by atoms with Crippen molar-refractivity contribution in [1.82, 2.24) is 9.97 Å². The molecule has 0 fully saturated rings. The third-order valence-electron chi connectivity index (χ3n) is 3.45. The Labute approximate surface area is 134 Å². The van der Waals surface area contributed by atoms with Crippen LogP contribution in [0.2, 0.25) is 0 Å². The van der Waals surface area contributed by atoms with Crippen molar-refractivity contribution in [2.75, 3.05) is 52.5 Å². The maximum Gasteiger partial charge on any atom is 0.205 e. The fraction of sp³-hybridized carbons (Fsp3) is 0.467. The number of nitrogens with zero attached hydrogens (tertiary/aromatic N) is 3. The molecule has 2 aromatic rings. The van der Waals surface area contributed by atoms with Gasteiger partial charge in [-0.15, -0.1) is 0 Å². The summed E-state index contributed by atoms with van der Waals surface area (Å²) in [7, 11) is 4.58. The molecular weight excluding hydrogens is 302 g/mol. The van der Waals surface area contributed by atoms with Gasteiger partial charge in [-0.05, 0) is 6.07 Å². The number of hydrogen-bond donors (Lipinski definition) is 2. The van der Waals surface area contributed by atoms with Crippen molar-refractivity contribution < 1.29 is 24.4 Å². The van der Waals surface area contributed by atoms with Gasteiger partial charge in [-0.25, -0.2) is 9.97 Å². The van der Waals surface area contributed by atoms with E-state index in [-0.39, 0.29) is 13.2 Å². The Balaban J connectivity index is 2.72. The van der Waals surface area contributed by atoms with Crippen LogP contribution >= 0.6 is 0 Å². The number of aliphatic hydroxyl groups excluding tert-OH is 2. The maximum atomic E-state index is 9.24. The summed E-state index contributed by atoms with van der Waals surface area (Å²) < 4.78 is 16.2. The van der Waals surface area contributed by atoms with Crippen LogP contribution in [0.1, 0.15) is 0 Å². The topological polar surface area (TPSA) is 97.2 Å². The summed E-state index contributed by atoms with van der Waals surface area (Å²) in [6, 6.07) is 1.76. The smallest absolute Gasteiger partial charge is 0.205 e. The lowest BCUT2D eigenvalue weighted by molar-refractivity contribution is 0.281. The zero-order chi connectivity index (χ0) is 16.8. The fourth-order valence-electron chi connectivity index (χ4n) is 2.47. The van der Waals surface area contributed by atoms with E-state index in [0.29, 0.717) is 47.1 Å². The SMILES string of the molecule is COc1cc2c(N(CCO)CCO)ncnc2c(OC)c1OC. The molecule has 2 N–H and O–H groups in total. The van der Waals surface area contributed by atoms with Crippen molar-refractivity contribution in [2.24, 2.45) is 0 Å². The molecular formula is C15H21N3O5. The van der Waals surface area contributed by atoms with Crippen molar-refractivity contribution >= 4 is 16.7 Å². The Morgan fingerprint density at radius 1 is 0.957 bits per heavy atom. The normalized spacial score (nSPS) is 10.7. The number of rotatable bonds is 8. The van der Waals surface area contributed by atoms with Gasteiger partial charge in [0.25, 0.3) is 0 Å². The van der Waals surface area contributed by atoms with Crippen LogP contribution in [-0.2, 0) is 0 Å². The van der Waals surface area contributed by atoms with Gasteiger partial charge in [-0.1, -0.05) is 0 Å². The van der Waals surface area contributed by atoms with Gasteiger partial charge in [-0.3, -0.25) is 0 Å². The summed E-state index contributed by atoms with van der Waals surface area (Å²) in [6.07, 6.45) is 1.41. The molecule has 0 aliphatic heterocycles. The van der Waals surface area contributed by atoms with Crippen molar-refractivity contribution in [2.45, 2.75) is 0 Å². The number of aromatic nitrogens is 2. The number of methoxy groups -OCH3 is 3. The zero-order valence-electron chi connectivity index (χ0n) is 13.4. The van der Waals surface area contributed by atoms with Crippen molar-refractivity contribution in [3.63, 3.8) is 0 Å². The predicted octanol–water partition coefficient (Wildman–Crippen LogP) is 0.447. The highest BCUT2D eigenvalue weighted by Crippen LogP contribution is 2.44. The quantitative estimate of drug-likeness (QED) is 0.722. The van der Waals surface area contributed by atoms with Gasteiger partial charge in [0.2, 0.25) is 5.75 Å². The Kier molecular flexibility index (Phi) is 5.78. The van der Waals surface area contributed by atoms with Crippen LogP contribution < -0.4 is 19.1 Å². The largest absolute Gasteiger partial charge is 0.493 e. The minimum atomic E-state index is -0.0596. The molecule has 0 spiro atoms. The van der Waals surface area contributed by atoms with Crippen molar-refractivity contribution in [1.29, 1.82) is 0 Å². The third-order valence-corrected chi connectivity index (χ3v) is 3.45. The minimum Gasteiger partial charge on any atom is -0.493 e. The summed E-state index contributed by atoms with van der Waals surface area (Å²) in [4.78, 5) is 10.3. The van der Waals surface area contributed by atoms with E-state index in [1.165, 1.54) is 27.7 Å². The molecule has 0 atom stereocenters. The molecule has 0 saturated carbocycles. The molecule has 1 aromatic carbocycles. The third kappa shape index (κ3) is 3.22. The summed E-state index contributed by atoms with van der Waals surface area (Å²) >= 11 is 0. The standard InChI is InChI=1S/C15H21N3O5/c1-21-11-8-10-12(14(23-3)13(11)22-2)16-9-17-15(10)18(4-6-19)5-7-20/h8-9,19-20H,4-7H2,1-3H3. The van der Waals surface area contributed by atoms with Crippen molar-refractivity contribution in [3.8, 4) is 17.2 Å². The van der Waals surface area contributed by atoms with Crippen LogP contribution in [0.3, 0.4) is 0 Å². The second kappa shape index (κ2) is 7.80. The number of ether oxygens (including phenoxy) is 3. The highest BCUT2D eigenvalue weighted by molar-refractivity contribution is 5.97. The molecule has 0 aliphatic carbocycles. The van der Waals surface area contributed by atoms with Crippen LogP contribution in [0.4, 0.5) is 5.82 Å². The van der Waals surface area contributed by atoms with Gasteiger partial charge in [0.1, 0.15) is 17.7 Å². The first kappa shape index (κ1) is 17.0. The molecule has 126 valence electrons. The van der Waals surface area contributed by atoms with Gasteiger partial charge in [0.05, 0.1) is 39.9 Å². The lowest BCUT2D eigenvalue weighted by Gasteiger charge is -2.24. The van der Waals surface area contributed by atoms with E-state index >= 15 is 0 Å². The molecule has 1 aromatic heterocycles. The van der Waals surface area contributed by atoms with Crippen molar-refractivity contribution in [3.05, 3.63) is 12.4 Å². The Morgan fingerprint density at radius 3 is 2.13 bits per heavy atom. The van der Waals surface area contributed by atoms with Crippen LogP contribution in [-0.4, -0.2) is 67.8 Å². The predicted molar refractivity (Wildman–Crippen MR) is 85.6 cm³/mol. The lowest BCUT2D eigenvalue weighted by atomic mass is 10.1. The fourth-order valence-corrected chi connectivity index (χ4v) is 2.47. The Hall–Kier alpha value is -2.32. The maximum absolute atomic E-state index is 9.24. The Bertz CT molecular complexity index is 659. The molecule has 8 heteroatoms. The van der Waals surface area contributed by atoms with E-state index in [2.05, 4.69) is 9.97 Å². The van der Waals surface area contributed by atoms with Crippen LogP contribution in [0, 0.1) is 0 Å². The number of fused-ring (bicyclic) bond motifs is 1. The summed E-state index contributed by atoms with van der Waals surface area (Å²) in [6.45, 7) is 0.554. The Morgan fingerprint density at radius 2 is 1.61 bits per heavy atom. The number of anilines is 1. The second-order valence-electron chi connectivity index (χ2n) is 4.67. The van der Waals surface area contributed by atoms with E-state index in [1.807, 2.05) is 0 Å². The van der Waals surface area contributed by atoms with Crippen LogP contribution in [0.5, 0.6) is 17.2 Å². The van der Waals surface area contributed by atoms with E-state index < -0.39 is 0 Å². The zero-order valence-corrected chi connectivity index (χ0v) is 13.4. The molecule has 0 unspecified atom stereocenters. The minimum absolute atomic E-state index is 0.0596. The van der Waals surface area contributed by atoms with E-state index in [4.69, 9.17) is 14.2 Å². The van der Waals surface area contributed by atoms with Gasteiger partial charge < -0.3 is 29.3 Å². The number of aliphatic hydroxyl groups is 2. The van der Waals surface area contributed by atoms with Crippen LogP contribution in [0.25, 0.3) is 10.9 Å². The molecule has 0 saturated heterocycles. The van der Waals surface area contributed by atoms with E-state index in [1.54, 1.807) is 11.0 Å². The van der Waals surface area contributed by atoms with E-state index in [9.17, 15) is 10.2 Å². The highest BCUT2D eigenvalue weighted by Gasteiger charge is 2.21. The van der Waals surface area contributed by atoms with Gasteiger partial charge in [0, 0.05) is 13.1 Å². The monoisotopic (exact) mass is 323 g/mol. The molecule has 0 bridgehead atoms. The summed E-state index contributed by atoms with van der Waals surface area (Å²) in [5.41, 5.74) is 0.566. The second-order valence-corrected chi connectivity index (χ2v) is 4.67. The molecule has 23 heavy (non-hydrogen) atoms. The van der Waals surface area contributed by atoms with Gasteiger partial charge >= 0.3 is 0 Å². The van der Waals surface area contributed by atoms with Crippen LogP contribution in [0.15, 0.2) is 12.4 Å². The first-order valence-corrected chi connectivity index (χ1v) is 7.12. The first-order valence-electron chi connectivity index (χ1n) is 7.12. The average Bonchev–Trinajstić information content (AvgIpc) is 2.59. The summed E-state index contributed by atoms with van der Waals surface area (Å²) in [5.74, 6) is 1.96.